The van der Waals surface area contributed by atoms with Crippen LogP contribution in [0, 0.1) is 13.8 Å². The summed E-state index contributed by atoms with van der Waals surface area (Å²) in [4.78, 5) is 14.3. The Labute approximate surface area is 123 Å². The van der Waals surface area contributed by atoms with Crippen LogP contribution in [0.15, 0.2) is 24.3 Å². The number of amides is 1. The van der Waals surface area contributed by atoms with Crippen LogP contribution in [0.2, 0.25) is 5.02 Å². The predicted octanol–water partition coefficient (Wildman–Crippen LogP) is 3.51. The Kier molecular flexibility index (Phi) is 4.14. The molecular weight excluding hydrogens is 274 g/mol. The van der Waals surface area contributed by atoms with Crippen LogP contribution in [0.3, 0.4) is 0 Å². The van der Waals surface area contributed by atoms with Crippen LogP contribution in [0.25, 0.3) is 0 Å². The summed E-state index contributed by atoms with van der Waals surface area (Å²) >= 11 is 6.00. The van der Waals surface area contributed by atoms with Gasteiger partial charge in [0.15, 0.2) is 0 Å². The second kappa shape index (κ2) is 5.67. The zero-order chi connectivity index (χ0) is 14.9. The average Bonchev–Trinajstić information content (AvgIpc) is 2.76. The number of nitrogens with one attached hydrogen (secondary N) is 1. The Hall–Kier alpha value is -1.81. The van der Waals surface area contributed by atoms with E-state index in [2.05, 4.69) is 10.2 Å². The molecule has 1 heterocycles. The van der Waals surface area contributed by atoms with E-state index in [0.29, 0.717) is 10.6 Å². The van der Waals surface area contributed by atoms with Crippen molar-refractivity contribution in [2.75, 3.05) is 7.05 Å². The summed E-state index contributed by atoms with van der Waals surface area (Å²) in [5, 5.41) is 7.59. The molecule has 4 nitrogen and oxygen atoms in total. The van der Waals surface area contributed by atoms with Gasteiger partial charge in [0.25, 0.3) is 5.91 Å². The van der Waals surface area contributed by atoms with Gasteiger partial charge in [0.2, 0.25) is 0 Å². The highest BCUT2D eigenvalue weighted by molar-refractivity contribution is 6.30. The van der Waals surface area contributed by atoms with Gasteiger partial charge in [-0.2, -0.15) is 5.10 Å². The van der Waals surface area contributed by atoms with Crippen LogP contribution < -0.4 is 0 Å². The number of hydrogen-bond donors (Lipinski definition) is 1. The van der Waals surface area contributed by atoms with E-state index in [4.69, 9.17) is 11.6 Å². The Morgan fingerprint density at radius 2 is 2.10 bits per heavy atom. The fourth-order valence-corrected chi connectivity index (χ4v) is 2.41. The minimum absolute atomic E-state index is 0.0405. The van der Waals surface area contributed by atoms with E-state index < -0.39 is 0 Å². The molecule has 1 aromatic heterocycles. The third kappa shape index (κ3) is 2.70. The van der Waals surface area contributed by atoms with Crippen LogP contribution in [-0.2, 0) is 0 Å². The zero-order valence-electron chi connectivity index (χ0n) is 12.1. The molecule has 0 radical (unpaired) electrons. The lowest BCUT2D eigenvalue weighted by molar-refractivity contribution is 0.0741. The Morgan fingerprint density at radius 1 is 1.40 bits per heavy atom. The maximum absolute atomic E-state index is 12.6. The van der Waals surface area contributed by atoms with E-state index in [-0.39, 0.29) is 11.9 Å². The molecule has 1 amide bonds. The third-order valence-electron chi connectivity index (χ3n) is 3.57. The molecule has 0 saturated heterocycles. The van der Waals surface area contributed by atoms with Gasteiger partial charge in [0.1, 0.15) is 0 Å². The van der Waals surface area contributed by atoms with E-state index in [9.17, 15) is 4.79 Å². The number of rotatable bonds is 3. The van der Waals surface area contributed by atoms with Gasteiger partial charge in [0.05, 0.1) is 17.3 Å². The first-order chi connectivity index (χ1) is 9.41. The Morgan fingerprint density at radius 3 is 2.65 bits per heavy atom. The van der Waals surface area contributed by atoms with Gasteiger partial charge in [-0.25, -0.2) is 0 Å². The summed E-state index contributed by atoms with van der Waals surface area (Å²) in [5.41, 5.74) is 3.16. The molecule has 5 heteroatoms. The van der Waals surface area contributed by atoms with E-state index in [1.165, 1.54) is 0 Å². The Bertz CT molecular complexity index is 616. The highest BCUT2D eigenvalue weighted by atomic mass is 35.5. The molecule has 106 valence electrons. The molecule has 1 aromatic carbocycles. The largest absolute Gasteiger partial charge is 0.335 e. The van der Waals surface area contributed by atoms with Gasteiger partial charge in [-0.1, -0.05) is 23.7 Å². The monoisotopic (exact) mass is 291 g/mol. The van der Waals surface area contributed by atoms with Gasteiger partial charge in [0, 0.05) is 17.8 Å². The number of aromatic amines is 1. The van der Waals surface area contributed by atoms with Crippen molar-refractivity contribution >= 4 is 17.5 Å². The fourth-order valence-electron chi connectivity index (χ4n) is 2.21. The summed E-state index contributed by atoms with van der Waals surface area (Å²) in [6, 6.07) is 7.50. The lowest BCUT2D eigenvalue weighted by Crippen LogP contribution is -2.30. The van der Waals surface area contributed by atoms with Crippen LogP contribution in [0.5, 0.6) is 0 Å². The highest BCUT2D eigenvalue weighted by Crippen LogP contribution is 2.24. The molecule has 20 heavy (non-hydrogen) atoms. The standard InChI is InChI=1S/C15H18ClN3O/c1-9-14(10(2)18-17-9)15(20)19(4)11(3)12-6-5-7-13(16)8-12/h5-8,11H,1-4H3,(H,17,18). The number of aryl methyl sites for hydroxylation is 2. The van der Waals surface area contributed by atoms with Crippen molar-refractivity contribution in [3.8, 4) is 0 Å². The van der Waals surface area contributed by atoms with Crippen molar-refractivity contribution in [1.82, 2.24) is 15.1 Å². The first-order valence-corrected chi connectivity index (χ1v) is 6.83. The van der Waals surface area contributed by atoms with Crippen LogP contribution >= 0.6 is 11.6 Å². The quantitative estimate of drug-likeness (QED) is 0.941. The minimum atomic E-state index is -0.0603. The number of halogens is 1. The summed E-state index contributed by atoms with van der Waals surface area (Å²) in [7, 11) is 1.79. The smallest absolute Gasteiger partial charge is 0.257 e. The lowest BCUT2D eigenvalue weighted by Gasteiger charge is -2.25. The number of aromatic nitrogens is 2. The van der Waals surface area contributed by atoms with Crippen molar-refractivity contribution < 1.29 is 4.79 Å². The third-order valence-corrected chi connectivity index (χ3v) is 3.81. The maximum Gasteiger partial charge on any atom is 0.257 e. The van der Waals surface area contributed by atoms with Crippen LogP contribution in [0.1, 0.15) is 40.3 Å². The predicted molar refractivity (Wildman–Crippen MR) is 80.0 cm³/mol. The molecule has 1 unspecified atom stereocenters. The normalized spacial score (nSPS) is 12.2. The number of hydrogen-bond acceptors (Lipinski definition) is 2. The van der Waals surface area contributed by atoms with E-state index in [0.717, 1.165) is 17.0 Å². The summed E-state index contributed by atoms with van der Waals surface area (Å²) < 4.78 is 0. The number of nitrogens with zero attached hydrogens (tertiary/aromatic N) is 2. The highest BCUT2D eigenvalue weighted by Gasteiger charge is 2.23. The van der Waals surface area contributed by atoms with Crippen molar-refractivity contribution in [2.24, 2.45) is 0 Å². The molecule has 0 bridgehead atoms. The number of carbonyl (C=O) groups excluding carboxylic acids is 1. The molecule has 1 N–H and O–H groups in total. The molecule has 2 aromatic rings. The summed E-state index contributed by atoms with van der Waals surface area (Å²) in [6.45, 7) is 5.66. The zero-order valence-corrected chi connectivity index (χ0v) is 12.8. The molecular formula is C15H18ClN3O. The molecule has 0 fully saturated rings. The van der Waals surface area contributed by atoms with E-state index >= 15 is 0 Å². The molecule has 1 atom stereocenters. The number of benzene rings is 1. The minimum Gasteiger partial charge on any atom is -0.335 e. The summed E-state index contributed by atoms with van der Waals surface area (Å²) in [6.07, 6.45) is 0. The van der Waals surface area contributed by atoms with Crippen molar-refractivity contribution in [2.45, 2.75) is 26.8 Å². The molecule has 0 aliphatic carbocycles. The van der Waals surface area contributed by atoms with Gasteiger partial charge in [-0.05, 0) is 38.5 Å². The number of H-pyrrole nitrogens is 1. The van der Waals surface area contributed by atoms with Gasteiger partial charge < -0.3 is 4.90 Å². The van der Waals surface area contributed by atoms with Gasteiger partial charge in [-0.15, -0.1) is 0 Å². The molecule has 0 aliphatic heterocycles. The van der Waals surface area contributed by atoms with Crippen molar-refractivity contribution in [3.05, 3.63) is 51.8 Å². The van der Waals surface area contributed by atoms with Crippen LogP contribution in [0.4, 0.5) is 0 Å². The van der Waals surface area contributed by atoms with Crippen LogP contribution in [-0.4, -0.2) is 28.1 Å². The van der Waals surface area contributed by atoms with Gasteiger partial charge >= 0.3 is 0 Å². The second-order valence-corrected chi connectivity index (χ2v) is 5.39. The Balaban J connectivity index is 2.27. The topological polar surface area (TPSA) is 49.0 Å². The second-order valence-electron chi connectivity index (χ2n) is 4.96. The first kappa shape index (κ1) is 14.6. The van der Waals surface area contributed by atoms with Crippen molar-refractivity contribution in [1.29, 1.82) is 0 Å². The fraction of sp³-hybridized carbons (Fsp3) is 0.333. The molecule has 0 saturated carbocycles. The lowest BCUT2D eigenvalue weighted by atomic mass is 10.1. The van der Waals surface area contributed by atoms with Crippen molar-refractivity contribution in [3.63, 3.8) is 0 Å². The summed E-state index contributed by atoms with van der Waals surface area (Å²) in [5.74, 6) is -0.0405. The molecule has 2 rings (SSSR count). The molecule has 0 aliphatic rings. The molecule has 0 spiro atoms. The number of carbonyl (C=O) groups is 1. The average molecular weight is 292 g/mol. The maximum atomic E-state index is 12.6. The van der Waals surface area contributed by atoms with E-state index in [1.54, 1.807) is 11.9 Å². The van der Waals surface area contributed by atoms with Gasteiger partial charge in [-0.3, -0.25) is 9.89 Å². The first-order valence-electron chi connectivity index (χ1n) is 6.46. The SMILES string of the molecule is Cc1n[nH]c(C)c1C(=O)N(C)C(C)c1cccc(Cl)c1. The van der Waals surface area contributed by atoms with E-state index in [1.807, 2.05) is 45.0 Å².